The summed E-state index contributed by atoms with van der Waals surface area (Å²) in [6, 6.07) is 0.474. The van der Waals surface area contributed by atoms with Crippen LogP contribution in [0.15, 0.2) is 0 Å². The Hall–Kier alpha value is -1.14. The Balaban J connectivity index is 1.62. The molecule has 0 aliphatic carbocycles. The van der Waals surface area contributed by atoms with Crippen LogP contribution >= 0.6 is 0 Å². The third-order valence-corrected chi connectivity index (χ3v) is 5.35. The average Bonchev–Trinajstić information content (AvgIpc) is 2.55. The van der Waals surface area contributed by atoms with Gasteiger partial charge in [-0.2, -0.15) is 0 Å². The fourth-order valence-electron chi connectivity index (χ4n) is 4.03. The molecule has 0 radical (unpaired) electrons. The number of carbonyl (C=O) groups is 2. The van der Waals surface area contributed by atoms with Gasteiger partial charge in [0.2, 0.25) is 11.8 Å². The van der Waals surface area contributed by atoms with E-state index in [1.54, 1.807) is 0 Å². The minimum absolute atomic E-state index is 0.103. The first-order valence-corrected chi connectivity index (χ1v) is 8.69. The first-order chi connectivity index (χ1) is 10.7. The van der Waals surface area contributed by atoms with Crippen molar-refractivity contribution in [1.82, 2.24) is 20.4 Å². The first kappa shape index (κ1) is 15.7. The van der Waals surface area contributed by atoms with E-state index in [0.717, 1.165) is 51.9 Å². The fraction of sp³-hybridized carbons (Fsp3) is 0.875. The summed E-state index contributed by atoms with van der Waals surface area (Å²) in [6.45, 7) is 6.76. The Morgan fingerprint density at radius 2 is 2.05 bits per heavy atom. The van der Waals surface area contributed by atoms with Crippen molar-refractivity contribution in [3.63, 3.8) is 0 Å². The molecule has 3 saturated heterocycles. The lowest BCUT2D eigenvalue weighted by molar-refractivity contribution is -0.143. The van der Waals surface area contributed by atoms with Crippen LogP contribution in [0.1, 0.15) is 32.6 Å². The molecule has 6 heteroatoms. The Labute approximate surface area is 132 Å². The van der Waals surface area contributed by atoms with Gasteiger partial charge in [0.1, 0.15) is 0 Å². The van der Waals surface area contributed by atoms with Gasteiger partial charge in [-0.15, -0.1) is 0 Å². The summed E-state index contributed by atoms with van der Waals surface area (Å²) < 4.78 is 0. The number of nitrogens with zero attached hydrogens (tertiary/aromatic N) is 2. The highest BCUT2D eigenvalue weighted by Gasteiger charge is 2.36. The highest BCUT2D eigenvalue weighted by Crippen LogP contribution is 2.23. The first-order valence-electron chi connectivity index (χ1n) is 8.69. The Morgan fingerprint density at radius 1 is 1.18 bits per heavy atom. The molecular formula is C16H28N4O2. The summed E-state index contributed by atoms with van der Waals surface area (Å²) in [5, 5.41) is 6.53. The van der Waals surface area contributed by atoms with Gasteiger partial charge in [0, 0.05) is 38.3 Å². The zero-order valence-electron chi connectivity index (χ0n) is 13.5. The summed E-state index contributed by atoms with van der Waals surface area (Å²) in [7, 11) is 0. The molecule has 3 rings (SSSR count). The van der Waals surface area contributed by atoms with Gasteiger partial charge in [-0.25, -0.2) is 0 Å². The lowest BCUT2D eigenvalue weighted by atomic mass is 9.89. The van der Waals surface area contributed by atoms with Gasteiger partial charge < -0.3 is 20.4 Å². The average molecular weight is 308 g/mol. The maximum Gasteiger partial charge on any atom is 0.236 e. The summed E-state index contributed by atoms with van der Waals surface area (Å²) >= 11 is 0. The fourth-order valence-corrected chi connectivity index (χ4v) is 4.03. The second-order valence-corrected chi connectivity index (χ2v) is 6.84. The van der Waals surface area contributed by atoms with Gasteiger partial charge in [-0.3, -0.25) is 9.59 Å². The molecule has 0 saturated carbocycles. The van der Waals surface area contributed by atoms with E-state index in [0.29, 0.717) is 13.1 Å². The molecule has 0 spiro atoms. The van der Waals surface area contributed by atoms with Crippen LogP contribution in [-0.2, 0) is 9.59 Å². The van der Waals surface area contributed by atoms with E-state index < -0.39 is 0 Å². The second kappa shape index (κ2) is 6.96. The molecule has 0 aromatic rings. The maximum atomic E-state index is 12.8. The highest BCUT2D eigenvalue weighted by atomic mass is 16.2. The van der Waals surface area contributed by atoms with Crippen molar-refractivity contribution >= 4 is 11.8 Å². The van der Waals surface area contributed by atoms with Crippen LogP contribution in [0.4, 0.5) is 0 Å². The van der Waals surface area contributed by atoms with Crippen LogP contribution in [0.2, 0.25) is 0 Å². The summed E-state index contributed by atoms with van der Waals surface area (Å²) in [4.78, 5) is 28.9. The SMILES string of the molecule is C[C@@H]1NCCC[C@H]1C(=O)N1CCC[C@@H](N2CCNCC2=O)C1. The number of nitrogens with one attached hydrogen (secondary N) is 2. The quantitative estimate of drug-likeness (QED) is 0.741. The Kier molecular flexibility index (Phi) is 4.98. The number of hydrogen-bond donors (Lipinski definition) is 2. The van der Waals surface area contributed by atoms with Crippen LogP contribution in [0.3, 0.4) is 0 Å². The number of piperidine rings is 2. The minimum atomic E-state index is 0.103. The minimum Gasteiger partial charge on any atom is -0.340 e. The van der Waals surface area contributed by atoms with Crippen molar-refractivity contribution in [3.8, 4) is 0 Å². The highest BCUT2D eigenvalue weighted by molar-refractivity contribution is 5.81. The zero-order valence-corrected chi connectivity index (χ0v) is 13.5. The molecule has 2 N–H and O–H groups in total. The largest absolute Gasteiger partial charge is 0.340 e. The molecule has 0 aromatic heterocycles. The van der Waals surface area contributed by atoms with Crippen molar-refractivity contribution in [2.45, 2.75) is 44.7 Å². The predicted molar refractivity (Wildman–Crippen MR) is 84.4 cm³/mol. The number of carbonyl (C=O) groups excluding carboxylic acids is 2. The number of likely N-dealkylation sites (tertiary alicyclic amines) is 1. The third-order valence-electron chi connectivity index (χ3n) is 5.35. The van der Waals surface area contributed by atoms with E-state index >= 15 is 0 Å². The van der Waals surface area contributed by atoms with Crippen molar-refractivity contribution in [1.29, 1.82) is 0 Å². The monoisotopic (exact) mass is 308 g/mol. The summed E-state index contributed by atoms with van der Waals surface area (Å²) in [5.41, 5.74) is 0. The lowest BCUT2D eigenvalue weighted by Crippen LogP contribution is -2.59. The van der Waals surface area contributed by atoms with Gasteiger partial charge in [0.15, 0.2) is 0 Å². The van der Waals surface area contributed by atoms with Crippen molar-refractivity contribution in [3.05, 3.63) is 0 Å². The molecule has 6 nitrogen and oxygen atoms in total. The van der Waals surface area contributed by atoms with E-state index in [2.05, 4.69) is 17.6 Å². The number of piperazine rings is 1. The van der Waals surface area contributed by atoms with Gasteiger partial charge in [-0.05, 0) is 39.2 Å². The van der Waals surface area contributed by atoms with E-state index in [9.17, 15) is 9.59 Å². The van der Waals surface area contributed by atoms with Gasteiger partial charge in [-0.1, -0.05) is 0 Å². The lowest BCUT2D eigenvalue weighted by Gasteiger charge is -2.43. The second-order valence-electron chi connectivity index (χ2n) is 6.84. The predicted octanol–water partition coefficient (Wildman–Crippen LogP) is -0.203. The molecule has 0 unspecified atom stereocenters. The molecule has 0 bridgehead atoms. The molecule has 0 aromatic carbocycles. The van der Waals surface area contributed by atoms with Gasteiger partial charge in [0.05, 0.1) is 12.5 Å². The third kappa shape index (κ3) is 3.27. The van der Waals surface area contributed by atoms with Crippen LogP contribution in [0.5, 0.6) is 0 Å². The van der Waals surface area contributed by atoms with Crippen LogP contribution in [0.25, 0.3) is 0 Å². The molecule has 2 amide bonds. The molecule has 3 atom stereocenters. The van der Waals surface area contributed by atoms with E-state index in [-0.39, 0.29) is 29.8 Å². The topological polar surface area (TPSA) is 64.7 Å². The van der Waals surface area contributed by atoms with Crippen molar-refractivity contribution in [2.75, 3.05) is 39.3 Å². The van der Waals surface area contributed by atoms with Crippen LogP contribution < -0.4 is 10.6 Å². The van der Waals surface area contributed by atoms with E-state index in [1.807, 2.05) is 9.80 Å². The molecule has 3 fully saturated rings. The number of amides is 2. The Bertz CT molecular complexity index is 428. The summed E-state index contributed by atoms with van der Waals surface area (Å²) in [6.07, 6.45) is 4.09. The van der Waals surface area contributed by atoms with Crippen LogP contribution in [-0.4, -0.2) is 73.0 Å². The molecule has 3 heterocycles. The van der Waals surface area contributed by atoms with E-state index in [1.165, 1.54) is 0 Å². The smallest absolute Gasteiger partial charge is 0.236 e. The molecular weight excluding hydrogens is 280 g/mol. The standard InChI is InChI=1S/C16H28N4O2/c1-12-14(5-2-6-18-12)16(22)19-8-3-4-13(11-19)20-9-7-17-10-15(20)21/h12-14,17-18H,2-11H2,1H3/t12-,13+,14+/m0/s1. The van der Waals surface area contributed by atoms with Crippen LogP contribution in [0, 0.1) is 5.92 Å². The molecule has 124 valence electrons. The normalized spacial score (nSPS) is 33.9. The molecule has 3 aliphatic rings. The van der Waals surface area contributed by atoms with Gasteiger partial charge >= 0.3 is 0 Å². The van der Waals surface area contributed by atoms with E-state index in [4.69, 9.17) is 0 Å². The Morgan fingerprint density at radius 3 is 2.82 bits per heavy atom. The summed E-state index contributed by atoms with van der Waals surface area (Å²) in [5.74, 6) is 0.566. The number of rotatable bonds is 2. The maximum absolute atomic E-state index is 12.8. The van der Waals surface area contributed by atoms with Crippen molar-refractivity contribution in [2.24, 2.45) is 5.92 Å². The zero-order chi connectivity index (χ0) is 15.5. The molecule has 3 aliphatic heterocycles. The van der Waals surface area contributed by atoms with Gasteiger partial charge in [0.25, 0.3) is 0 Å². The molecule has 22 heavy (non-hydrogen) atoms. The van der Waals surface area contributed by atoms with Crippen molar-refractivity contribution < 1.29 is 9.59 Å². The number of hydrogen-bond acceptors (Lipinski definition) is 4.